The number of hydrazine groups is 1. The van der Waals surface area contributed by atoms with Crippen molar-refractivity contribution in [3.05, 3.63) is 71.3 Å². The van der Waals surface area contributed by atoms with Crippen molar-refractivity contribution in [3.63, 3.8) is 0 Å². The molecular formula is C17H13N5O2. The van der Waals surface area contributed by atoms with E-state index in [0.29, 0.717) is 22.8 Å². The number of benzene rings is 2. The van der Waals surface area contributed by atoms with Crippen molar-refractivity contribution in [2.24, 2.45) is 5.84 Å². The molecule has 0 amide bonds. The lowest BCUT2D eigenvalue weighted by Crippen LogP contribution is -2.11. The SMILES string of the molecule is NNc1ccc2cc(-n3cnc(-c4ccccc4)n3)c(=O)oc2c1. The third-order valence-corrected chi connectivity index (χ3v) is 3.65. The van der Waals surface area contributed by atoms with E-state index in [4.69, 9.17) is 10.3 Å². The molecule has 0 radical (unpaired) electrons. The Kier molecular flexibility index (Phi) is 3.33. The van der Waals surface area contributed by atoms with Gasteiger partial charge in [-0.25, -0.2) is 14.5 Å². The van der Waals surface area contributed by atoms with Gasteiger partial charge in [0.05, 0.1) is 5.69 Å². The minimum Gasteiger partial charge on any atom is -0.421 e. The second-order valence-corrected chi connectivity index (χ2v) is 5.19. The number of nitrogens with two attached hydrogens (primary N) is 1. The molecule has 3 N–H and O–H groups in total. The quantitative estimate of drug-likeness (QED) is 0.341. The van der Waals surface area contributed by atoms with Crippen molar-refractivity contribution in [1.82, 2.24) is 14.8 Å². The Hall–Kier alpha value is -3.45. The van der Waals surface area contributed by atoms with E-state index < -0.39 is 5.63 Å². The zero-order valence-electron chi connectivity index (χ0n) is 12.5. The number of nitrogens with one attached hydrogen (secondary N) is 1. The Labute approximate surface area is 136 Å². The lowest BCUT2D eigenvalue weighted by Gasteiger charge is -2.04. The summed E-state index contributed by atoms with van der Waals surface area (Å²) in [5, 5.41) is 5.13. The minimum atomic E-state index is -0.499. The second-order valence-electron chi connectivity index (χ2n) is 5.19. The van der Waals surface area contributed by atoms with Gasteiger partial charge in [-0.2, -0.15) is 0 Å². The summed E-state index contributed by atoms with van der Waals surface area (Å²) < 4.78 is 6.78. The van der Waals surface area contributed by atoms with Crippen LogP contribution in [0.3, 0.4) is 0 Å². The normalized spacial score (nSPS) is 10.9. The van der Waals surface area contributed by atoms with E-state index in [1.54, 1.807) is 18.2 Å². The Morgan fingerprint density at radius 2 is 1.92 bits per heavy atom. The van der Waals surface area contributed by atoms with Crippen LogP contribution in [0.2, 0.25) is 0 Å². The van der Waals surface area contributed by atoms with Crippen LogP contribution in [0.4, 0.5) is 5.69 Å². The first-order chi connectivity index (χ1) is 11.7. The van der Waals surface area contributed by atoms with Crippen molar-refractivity contribution >= 4 is 16.7 Å². The molecule has 0 atom stereocenters. The number of aromatic nitrogens is 3. The second kappa shape index (κ2) is 5.64. The van der Waals surface area contributed by atoms with Crippen LogP contribution in [0, 0.1) is 0 Å². The molecule has 7 nitrogen and oxygen atoms in total. The van der Waals surface area contributed by atoms with Crippen LogP contribution in [0.5, 0.6) is 0 Å². The molecule has 0 saturated carbocycles. The Balaban J connectivity index is 1.81. The molecule has 118 valence electrons. The van der Waals surface area contributed by atoms with Crippen molar-refractivity contribution < 1.29 is 4.42 Å². The lowest BCUT2D eigenvalue weighted by molar-refractivity contribution is 0.552. The first-order valence-electron chi connectivity index (χ1n) is 7.26. The highest BCUT2D eigenvalue weighted by Crippen LogP contribution is 2.20. The monoisotopic (exact) mass is 319 g/mol. The van der Waals surface area contributed by atoms with Gasteiger partial charge in [-0.1, -0.05) is 30.3 Å². The fourth-order valence-corrected chi connectivity index (χ4v) is 2.45. The topological polar surface area (TPSA) is 99.0 Å². The van der Waals surface area contributed by atoms with Gasteiger partial charge in [0.2, 0.25) is 0 Å². The van der Waals surface area contributed by atoms with Crippen molar-refractivity contribution in [2.45, 2.75) is 0 Å². The predicted octanol–water partition coefficient (Wildman–Crippen LogP) is 2.33. The average molecular weight is 319 g/mol. The van der Waals surface area contributed by atoms with Gasteiger partial charge >= 0.3 is 5.63 Å². The van der Waals surface area contributed by atoms with Gasteiger partial charge in [0, 0.05) is 17.0 Å². The Morgan fingerprint density at radius 1 is 1.08 bits per heavy atom. The molecule has 2 aromatic carbocycles. The number of hydrogen-bond acceptors (Lipinski definition) is 6. The van der Waals surface area contributed by atoms with Gasteiger partial charge in [-0.3, -0.25) is 5.84 Å². The molecule has 0 bridgehead atoms. The largest absolute Gasteiger partial charge is 0.421 e. The summed E-state index contributed by atoms with van der Waals surface area (Å²) in [6, 6.07) is 16.5. The number of nitrogens with zero attached hydrogens (tertiary/aromatic N) is 3. The molecule has 0 saturated heterocycles. The molecule has 0 aliphatic heterocycles. The van der Waals surface area contributed by atoms with Crippen LogP contribution < -0.4 is 16.9 Å². The van der Waals surface area contributed by atoms with Crippen LogP contribution >= 0.6 is 0 Å². The molecule has 4 rings (SSSR count). The molecule has 2 aromatic heterocycles. The van der Waals surface area contributed by atoms with Crippen LogP contribution in [0.25, 0.3) is 28.0 Å². The van der Waals surface area contributed by atoms with Gasteiger partial charge in [-0.15, -0.1) is 5.10 Å². The number of hydrogen-bond donors (Lipinski definition) is 2. The smallest absolute Gasteiger partial charge is 0.362 e. The highest BCUT2D eigenvalue weighted by molar-refractivity contribution is 5.81. The molecule has 2 heterocycles. The first-order valence-corrected chi connectivity index (χ1v) is 7.26. The fourth-order valence-electron chi connectivity index (χ4n) is 2.45. The van der Waals surface area contributed by atoms with Crippen LogP contribution in [0.1, 0.15) is 0 Å². The maximum atomic E-state index is 12.3. The molecule has 24 heavy (non-hydrogen) atoms. The first kappa shape index (κ1) is 14.2. The highest BCUT2D eigenvalue weighted by atomic mass is 16.4. The van der Waals surface area contributed by atoms with E-state index >= 15 is 0 Å². The average Bonchev–Trinajstić information content (AvgIpc) is 3.11. The summed E-state index contributed by atoms with van der Waals surface area (Å²) in [6.07, 6.45) is 1.50. The number of anilines is 1. The zero-order valence-corrected chi connectivity index (χ0v) is 12.5. The summed E-state index contributed by atoms with van der Waals surface area (Å²) >= 11 is 0. The van der Waals surface area contributed by atoms with Gasteiger partial charge in [0.1, 0.15) is 11.9 Å². The van der Waals surface area contributed by atoms with Crippen LogP contribution in [-0.2, 0) is 0 Å². The molecular weight excluding hydrogens is 306 g/mol. The van der Waals surface area contributed by atoms with Gasteiger partial charge in [0.25, 0.3) is 0 Å². The highest BCUT2D eigenvalue weighted by Gasteiger charge is 2.11. The van der Waals surface area contributed by atoms with Crippen LogP contribution in [-0.4, -0.2) is 14.8 Å². The van der Waals surface area contributed by atoms with E-state index in [9.17, 15) is 4.79 Å². The standard InChI is InChI=1S/C17H13N5O2/c18-20-13-7-6-12-8-14(17(23)24-15(12)9-13)22-10-19-16(21-22)11-4-2-1-3-5-11/h1-10,20H,18H2. The molecule has 0 spiro atoms. The van der Waals surface area contributed by atoms with E-state index in [1.165, 1.54) is 11.0 Å². The third-order valence-electron chi connectivity index (χ3n) is 3.65. The van der Waals surface area contributed by atoms with Gasteiger partial charge in [-0.05, 0) is 18.2 Å². The summed E-state index contributed by atoms with van der Waals surface area (Å²) in [5.41, 5.74) is 4.29. The molecule has 0 fully saturated rings. The molecule has 7 heteroatoms. The molecule has 4 aromatic rings. The van der Waals surface area contributed by atoms with Crippen molar-refractivity contribution in [2.75, 3.05) is 5.43 Å². The molecule has 0 aliphatic carbocycles. The van der Waals surface area contributed by atoms with Gasteiger partial charge < -0.3 is 9.84 Å². The van der Waals surface area contributed by atoms with Crippen molar-refractivity contribution in [3.8, 4) is 17.1 Å². The number of fused-ring (bicyclic) bond motifs is 1. The van der Waals surface area contributed by atoms with Gasteiger partial charge in [0.15, 0.2) is 11.5 Å². The third kappa shape index (κ3) is 2.42. The summed E-state index contributed by atoms with van der Waals surface area (Å²) in [4.78, 5) is 16.5. The molecule has 0 aliphatic rings. The van der Waals surface area contributed by atoms with E-state index in [1.807, 2.05) is 36.4 Å². The summed E-state index contributed by atoms with van der Waals surface area (Å²) in [6.45, 7) is 0. The van der Waals surface area contributed by atoms with E-state index in [2.05, 4.69) is 15.5 Å². The fraction of sp³-hybridized carbons (Fsp3) is 0. The minimum absolute atomic E-state index is 0.297. The van der Waals surface area contributed by atoms with E-state index in [-0.39, 0.29) is 0 Å². The number of nitrogen functional groups attached to an aromatic ring is 1. The van der Waals surface area contributed by atoms with E-state index in [0.717, 1.165) is 10.9 Å². The van der Waals surface area contributed by atoms with Crippen LogP contribution in [0.15, 0.2) is 70.1 Å². The summed E-state index contributed by atoms with van der Waals surface area (Å²) in [7, 11) is 0. The lowest BCUT2D eigenvalue weighted by atomic mass is 10.2. The summed E-state index contributed by atoms with van der Waals surface area (Å²) in [5.74, 6) is 5.91. The zero-order chi connectivity index (χ0) is 16.5. The van der Waals surface area contributed by atoms with Crippen molar-refractivity contribution in [1.29, 1.82) is 0 Å². The number of rotatable bonds is 3. The maximum absolute atomic E-state index is 12.3. The Morgan fingerprint density at radius 3 is 2.71 bits per heavy atom. The maximum Gasteiger partial charge on any atom is 0.362 e. The Bertz CT molecular complexity index is 1070. The predicted molar refractivity (Wildman–Crippen MR) is 90.6 cm³/mol. The molecule has 0 unspecified atom stereocenters.